The Bertz CT molecular complexity index is 553. The molecule has 1 amide bonds. The molecule has 0 bridgehead atoms. The first-order valence-corrected chi connectivity index (χ1v) is 7.05. The summed E-state index contributed by atoms with van der Waals surface area (Å²) in [5, 5.41) is 11.8. The Hall–Kier alpha value is -1.82. The van der Waals surface area contributed by atoms with Crippen LogP contribution in [0.4, 0.5) is 0 Å². The number of thioether (sulfide) groups is 1. The van der Waals surface area contributed by atoms with E-state index in [1.165, 1.54) is 11.8 Å². The lowest BCUT2D eigenvalue weighted by Crippen LogP contribution is -2.24. The van der Waals surface area contributed by atoms with E-state index < -0.39 is 0 Å². The van der Waals surface area contributed by atoms with Gasteiger partial charge >= 0.3 is 0 Å². The monoisotopic (exact) mass is 276 g/mol. The van der Waals surface area contributed by atoms with Gasteiger partial charge in [-0.2, -0.15) is 0 Å². The van der Waals surface area contributed by atoms with Crippen LogP contribution >= 0.6 is 11.8 Å². The van der Waals surface area contributed by atoms with Crippen LogP contribution in [0.1, 0.15) is 6.92 Å². The third-order valence-corrected chi connectivity index (χ3v) is 3.59. The zero-order valence-corrected chi connectivity index (χ0v) is 11.8. The Balaban J connectivity index is 2.09. The molecule has 100 valence electrons. The zero-order chi connectivity index (χ0) is 13.7. The maximum absolute atomic E-state index is 11.4. The van der Waals surface area contributed by atoms with Gasteiger partial charge in [-0.1, -0.05) is 42.1 Å². The predicted molar refractivity (Wildman–Crippen MR) is 75.8 cm³/mol. The molecule has 0 saturated carbocycles. The topological polar surface area (TPSA) is 59.8 Å². The van der Waals surface area contributed by atoms with E-state index in [0.717, 1.165) is 16.5 Å². The summed E-state index contributed by atoms with van der Waals surface area (Å²) in [5.41, 5.74) is 1.02. The van der Waals surface area contributed by atoms with Crippen LogP contribution in [0.25, 0.3) is 11.4 Å². The molecule has 6 heteroatoms. The summed E-state index contributed by atoms with van der Waals surface area (Å²) in [4.78, 5) is 11.4. The lowest BCUT2D eigenvalue weighted by Gasteiger charge is -2.04. The number of hydrogen-bond acceptors (Lipinski definition) is 4. The molecule has 1 aromatic heterocycles. The van der Waals surface area contributed by atoms with Crippen LogP contribution in [-0.2, 0) is 11.8 Å². The molecule has 0 spiro atoms. The van der Waals surface area contributed by atoms with Gasteiger partial charge in [0, 0.05) is 19.2 Å². The summed E-state index contributed by atoms with van der Waals surface area (Å²) >= 11 is 1.39. The molecular formula is C13H16N4OS. The molecule has 2 aromatic rings. The SMILES string of the molecule is CCNC(=O)CSc1nnc(-c2ccccc2)n1C. The summed E-state index contributed by atoms with van der Waals surface area (Å²) in [6.45, 7) is 2.55. The highest BCUT2D eigenvalue weighted by Gasteiger charge is 2.12. The van der Waals surface area contributed by atoms with Gasteiger partial charge in [-0.05, 0) is 6.92 Å². The first-order valence-electron chi connectivity index (χ1n) is 6.06. The van der Waals surface area contributed by atoms with Crippen LogP contribution in [0.15, 0.2) is 35.5 Å². The number of benzene rings is 1. The summed E-state index contributed by atoms with van der Waals surface area (Å²) in [5.74, 6) is 1.17. The summed E-state index contributed by atoms with van der Waals surface area (Å²) in [6, 6.07) is 9.87. The third kappa shape index (κ3) is 3.35. The molecule has 5 nitrogen and oxygen atoms in total. The smallest absolute Gasteiger partial charge is 0.230 e. The zero-order valence-electron chi connectivity index (χ0n) is 11.0. The molecule has 1 N–H and O–H groups in total. The Labute approximate surface area is 116 Å². The minimum Gasteiger partial charge on any atom is -0.356 e. The second-order valence-electron chi connectivity index (χ2n) is 3.97. The number of carbonyl (C=O) groups excluding carboxylic acids is 1. The number of nitrogens with one attached hydrogen (secondary N) is 1. The molecule has 0 aliphatic carbocycles. The van der Waals surface area contributed by atoms with Gasteiger partial charge in [-0.3, -0.25) is 4.79 Å². The van der Waals surface area contributed by atoms with Gasteiger partial charge in [-0.15, -0.1) is 10.2 Å². The molecule has 1 heterocycles. The van der Waals surface area contributed by atoms with E-state index in [-0.39, 0.29) is 5.91 Å². The van der Waals surface area contributed by atoms with Crippen LogP contribution in [0, 0.1) is 0 Å². The number of aromatic nitrogens is 3. The van der Waals surface area contributed by atoms with Gasteiger partial charge in [0.2, 0.25) is 5.91 Å². The number of carbonyl (C=O) groups is 1. The standard InChI is InChI=1S/C13H16N4OS/c1-3-14-11(18)9-19-13-16-15-12(17(13)2)10-7-5-4-6-8-10/h4-8H,3,9H2,1-2H3,(H,14,18). The van der Waals surface area contributed by atoms with E-state index >= 15 is 0 Å². The first-order chi connectivity index (χ1) is 9.22. The van der Waals surface area contributed by atoms with Crippen molar-refractivity contribution in [2.24, 2.45) is 7.05 Å². The summed E-state index contributed by atoms with van der Waals surface area (Å²) in [6.07, 6.45) is 0. The molecule has 0 fully saturated rings. The quantitative estimate of drug-likeness (QED) is 0.845. The molecule has 0 aliphatic heterocycles. The van der Waals surface area contributed by atoms with E-state index in [1.807, 2.05) is 48.9 Å². The van der Waals surface area contributed by atoms with Crippen LogP contribution in [0.5, 0.6) is 0 Å². The van der Waals surface area contributed by atoms with E-state index in [4.69, 9.17) is 0 Å². The van der Waals surface area contributed by atoms with Crippen molar-refractivity contribution in [1.29, 1.82) is 0 Å². The van der Waals surface area contributed by atoms with Gasteiger partial charge in [0.15, 0.2) is 11.0 Å². The van der Waals surface area contributed by atoms with Crippen molar-refractivity contribution in [3.63, 3.8) is 0 Å². The molecule has 0 saturated heterocycles. The van der Waals surface area contributed by atoms with Crippen molar-refractivity contribution in [2.75, 3.05) is 12.3 Å². The van der Waals surface area contributed by atoms with Gasteiger partial charge in [0.1, 0.15) is 0 Å². The number of nitrogens with zero attached hydrogens (tertiary/aromatic N) is 3. The van der Waals surface area contributed by atoms with Gasteiger partial charge in [-0.25, -0.2) is 0 Å². The normalized spacial score (nSPS) is 10.4. The Morgan fingerprint density at radius 3 is 2.74 bits per heavy atom. The fraction of sp³-hybridized carbons (Fsp3) is 0.308. The van der Waals surface area contributed by atoms with E-state index in [2.05, 4.69) is 15.5 Å². The van der Waals surface area contributed by atoms with Crippen LogP contribution < -0.4 is 5.32 Å². The minimum absolute atomic E-state index is 0.0109. The second-order valence-corrected chi connectivity index (χ2v) is 4.92. The number of rotatable bonds is 5. The second kappa shape index (κ2) is 6.38. The van der Waals surface area contributed by atoms with Crippen molar-refractivity contribution in [3.8, 4) is 11.4 Å². The van der Waals surface area contributed by atoms with Gasteiger partial charge in [0.05, 0.1) is 5.75 Å². The maximum Gasteiger partial charge on any atom is 0.230 e. The first kappa shape index (κ1) is 13.6. The number of hydrogen-bond donors (Lipinski definition) is 1. The highest BCUT2D eigenvalue weighted by atomic mass is 32.2. The Morgan fingerprint density at radius 2 is 2.05 bits per heavy atom. The molecule has 0 radical (unpaired) electrons. The largest absolute Gasteiger partial charge is 0.356 e. The Kier molecular flexibility index (Phi) is 4.57. The van der Waals surface area contributed by atoms with E-state index in [1.54, 1.807) is 0 Å². The van der Waals surface area contributed by atoms with Crippen molar-refractivity contribution in [1.82, 2.24) is 20.1 Å². The van der Waals surface area contributed by atoms with Crippen molar-refractivity contribution >= 4 is 17.7 Å². The highest BCUT2D eigenvalue weighted by Crippen LogP contribution is 2.21. The van der Waals surface area contributed by atoms with Crippen LogP contribution in [0.2, 0.25) is 0 Å². The minimum atomic E-state index is 0.0109. The number of amides is 1. The van der Waals surface area contributed by atoms with Crippen LogP contribution in [-0.4, -0.2) is 33.0 Å². The molecule has 0 unspecified atom stereocenters. The lowest BCUT2D eigenvalue weighted by atomic mass is 10.2. The van der Waals surface area contributed by atoms with E-state index in [0.29, 0.717) is 12.3 Å². The predicted octanol–water partition coefficient (Wildman–Crippen LogP) is 1.71. The van der Waals surface area contributed by atoms with Crippen molar-refractivity contribution in [3.05, 3.63) is 30.3 Å². The fourth-order valence-corrected chi connectivity index (χ4v) is 2.40. The lowest BCUT2D eigenvalue weighted by molar-refractivity contribution is -0.118. The van der Waals surface area contributed by atoms with Gasteiger partial charge < -0.3 is 9.88 Å². The van der Waals surface area contributed by atoms with Crippen molar-refractivity contribution < 1.29 is 4.79 Å². The van der Waals surface area contributed by atoms with E-state index in [9.17, 15) is 4.79 Å². The molecule has 0 atom stereocenters. The summed E-state index contributed by atoms with van der Waals surface area (Å²) < 4.78 is 1.90. The average Bonchev–Trinajstić information content (AvgIpc) is 2.79. The fourth-order valence-electron chi connectivity index (χ4n) is 1.66. The van der Waals surface area contributed by atoms with Crippen molar-refractivity contribution in [2.45, 2.75) is 12.1 Å². The third-order valence-electron chi connectivity index (χ3n) is 2.57. The molecular weight excluding hydrogens is 260 g/mol. The average molecular weight is 276 g/mol. The highest BCUT2D eigenvalue weighted by molar-refractivity contribution is 7.99. The molecule has 1 aromatic carbocycles. The Morgan fingerprint density at radius 1 is 1.32 bits per heavy atom. The summed E-state index contributed by atoms with van der Waals surface area (Å²) in [7, 11) is 1.91. The molecule has 2 rings (SSSR count). The maximum atomic E-state index is 11.4. The molecule has 19 heavy (non-hydrogen) atoms. The van der Waals surface area contributed by atoms with Crippen LogP contribution in [0.3, 0.4) is 0 Å². The molecule has 0 aliphatic rings. The van der Waals surface area contributed by atoms with Gasteiger partial charge in [0.25, 0.3) is 0 Å².